The number of benzene rings is 1. The van der Waals surface area contributed by atoms with Crippen LogP contribution in [-0.4, -0.2) is 54.4 Å². The molecule has 1 aromatic carbocycles. The van der Waals surface area contributed by atoms with Crippen molar-refractivity contribution in [2.45, 2.75) is 32.4 Å². The number of anilines is 1. The number of pyridine rings is 2. The first-order valence-electron chi connectivity index (χ1n) is 12.1. The first kappa shape index (κ1) is 26.1. The van der Waals surface area contributed by atoms with Gasteiger partial charge in [-0.3, -0.25) is 19.4 Å². The molecule has 10 nitrogen and oxygen atoms in total. The quantitative estimate of drug-likeness (QED) is 0.267. The van der Waals surface area contributed by atoms with Crippen molar-refractivity contribution < 1.29 is 19.4 Å². The minimum atomic E-state index is -0.829. The number of aromatic nitrogens is 5. The lowest BCUT2D eigenvalue weighted by molar-refractivity contribution is 0.0599. The first-order chi connectivity index (χ1) is 18.7. The van der Waals surface area contributed by atoms with E-state index in [1.165, 1.54) is 24.6 Å². The van der Waals surface area contributed by atoms with E-state index in [2.05, 4.69) is 25.4 Å². The predicted octanol–water partition coefficient (Wildman–Crippen LogP) is 4.82. The summed E-state index contributed by atoms with van der Waals surface area (Å²) in [6, 6.07) is 9.03. The van der Waals surface area contributed by atoms with E-state index in [-0.39, 0.29) is 17.2 Å². The average Bonchev–Trinajstić information content (AvgIpc) is 3.58. The van der Waals surface area contributed by atoms with Gasteiger partial charge in [0.2, 0.25) is 0 Å². The van der Waals surface area contributed by atoms with E-state index in [4.69, 9.17) is 4.74 Å². The molecule has 5 rings (SSSR count). The Morgan fingerprint density at radius 3 is 2.69 bits per heavy atom. The van der Waals surface area contributed by atoms with Gasteiger partial charge in [-0.1, -0.05) is 0 Å². The third-order valence-corrected chi connectivity index (χ3v) is 6.90. The second kappa shape index (κ2) is 10.7. The molecule has 0 atom stereocenters. The number of hydrogen-bond donors (Lipinski definition) is 2. The van der Waals surface area contributed by atoms with Crippen molar-refractivity contribution in [1.29, 1.82) is 0 Å². The number of hydrogen-bond acceptors (Lipinski definition) is 9. The summed E-state index contributed by atoms with van der Waals surface area (Å²) >= 11 is 1.36. The van der Waals surface area contributed by atoms with Gasteiger partial charge in [0.25, 0.3) is 5.91 Å². The third-order valence-electron chi connectivity index (χ3n) is 6.01. The number of methoxy groups -OCH3 is 1. The van der Waals surface area contributed by atoms with Gasteiger partial charge in [-0.15, -0.1) is 11.3 Å². The number of rotatable bonds is 8. The van der Waals surface area contributed by atoms with Crippen molar-refractivity contribution in [2.75, 3.05) is 12.4 Å². The van der Waals surface area contributed by atoms with Gasteiger partial charge in [-0.2, -0.15) is 5.10 Å². The Kier molecular flexibility index (Phi) is 7.18. The van der Waals surface area contributed by atoms with E-state index in [0.717, 1.165) is 10.9 Å². The zero-order chi connectivity index (χ0) is 27.6. The lowest BCUT2D eigenvalue weighted by Gasteiger charge is -2.16. The number of esters is 1. The topological polar surface area (TPSA) is 132 Å². The fourth-order valence-electron chi connectivity index (χ4n) is 3.97. The van der Waals surface area contributed by atoms with E-state index in [9.17, 15) is 14.7 Å². The molecular weight excluding hydrogens is 516 g/mol. The number of amides is 1. The van der Waals surface area contributed by atoms with Crippen LogP contribution >= 0.6 is 11.3 Å². The molecule has 0 saturated carbocycles. The highest BCUT2D eigenvalue weighted by atomic mass is 32.1. The number of nitrogens with one attached hydrogen (secondary N) is 1. The van der Waals surface area contributed by atoms with Crippen LogP contribution in [0.5, 0.6) is 0 Å². The maximum absolute atomic E-state index is 13.3. The summed E-state index contributed by atoms with van der Waals surface area (Å²) in [5, 5.41) is 20.9. The second-order valence-corrected chi connectivity index (χ2v) is 10.5. The van der Waals surface area contributed by atoms with Crippen LogP contribution in [0.4, 0.5) is 5.69 Å². The van der Waals surface area contributed by atoms with Crippen LogP contribution in [0, 0.1) is 0 Å². The summed E-state index contributed by atoms with van der Waals surface area (Å²) in [5.74, 6) is -0.897. The molecule has 4 heterocycles. The second-order valence-electron chi connectivity index (χ2n) is 9.60. The highest BCUT2D eigenvalue weighted by molar-refractivity contribution is 7.13. The predicted molar refractivity (Wildman–Crippen MR) is 149 cm³/mol. The molecule has 1 amide bonds. The van der Waals surface area contributed by atoms with Crippen LogP contribution in [0.2, 0.25) is 0 Å². The summed E-state index contributed by atoms with van der Waals surface area (Å²) in [4.78, 5) is 38.3. The van der Waals surface area contributed by atoms with Crippen molar-refractivity contribution in [3.05, 3.63) is 78.0 Å². The van der Waals surface area contributed by atoms with E-state index in [1.54, 1.807) is 48.6 Å². The monoisotopic (exact) mass is 542 g/mol. The normalized spacial score (nSPS) is 11.5. The molecule has 0 unspecified atom stereocenters. The molecule has 0 aliphatic heterocycles. The average molecular weight is 543 g/mol. The van der Waals surface area contributed by atoms with Gasteiger partial charge in [-0.05, 0) is 50.6 Å². The van der Waals surface area contributed by atoms with E-state index < -0.39 is 11.6 Å². The molecule has 0 aliphatic rings. The Morgan fingerprint density at radius 2 is 1.95 bits per heavy atom. The van der Waals surface area contributed by atoms with Gasteiger partial charge in [0, 0.05) is 70.7 Å². The van der Waals surface area contributed by atoms with Gasteiger partial charge in [0.15, 0.2) is 0 Å². The Labute approximate surface area is 228 Å². The fourth-order valence-corrected chi connectivity index (χ4v) is 4.76. The number of thiazole rings is 1. The molecule has 0 radical (unpaired) electrons. The Morgan fingerprint density at radius 1 is 1.13 bits per heavy atom. The number of aliphatic hydroxyl groups is 1. The summed E-state index contributed by atoms with van der Waals surface area (Å²) in [6.07, 6.45) is 8.80. The Hall–Kier alpha value is -4.48. The number of aryl methyl sites for hydroxylation is 1. The highest BCUT2D eigenvalue weighted by Gasteiger charge is 2.19. The maximum Gasteiger partial charge on any atom is 0.339 e. The number of carbonyl (C=O) groups is 2. The Bertz CT molecular complexity index is 1660. The number of ether oxygens (including phenoxy) is 1. The highest BCUT2D eigenvalue weighted by Crippen LogP contribution is 2.33. The molecule has 198 valence electrons. The maximum atomic E-state index is 13.3. The molecule has 0 spiro atoms. The summed E-state index contributed by atoms with van der Waals surface area (Å²) in [6.45, 7) is 4.02. The van der Waals surface area contributed by atoms with Crippen LogP contribution in [0.3, 0.4) is 0 Å². The molecule has 11 heteroatoms. The number of fused-ring (bicyclic) bond motifs is 1. The molecule has 0 saturated heterocycles. The standard InChI is InChI=1S/C28H26N6O4S/c1-28(2,37)6-8-34-15-20-10-23(31-25(35)24-16-39-26(32-24)17-5-4-7-29-12-17)21(11-22(20)33-34)18-9-19(14-30-13-18)27(36)38-3/h4-5,7,9-16,37H,6,8H2,1-3H3,(H,31,35). The molecule has 0 bridgehead atoms. The van der Waals surface area contributed by atoms with Gasteiger partial charge in [0.1, 0.15) is 10.7 Å². The molecule has 4 aromatic heterocycles. The van der Waals surface area contributed by atoms with Crippen molar-refractivity contribution in [2.24, 2.45) is 0 Å². The van der Waals surface area contributed by atoms with Gasteiger partial charge < -0.3 is 15.2 Å². The lowest BCUT2D eigenvalue weighted by Crippen LogP contribution is -2.21. The lowest BCUT2D eigenvalue weighted by atomic mass is 10.0. The zero-order valence-corrected chi connectivity index (χ0v) is 22.4. The minimum absolute atomic E-state index is 0.271. The van der Waals surface area contributed by atoms with E-state index >= 15 is 0 Å². The van der Waals surface area contributed by atoms with Crippen molar-refractivity contribution in [1.82, 2.24) is 24.7 Å². The molecule has 2 N–H and O–H groups in total. The third kappa shape index (κ3) is 6.00. The zero-order valence-electron chi connectivity index (χ0n) is 21.6. The molecule has 0 aliphatic carbocycles. The van der Waals surface area contributed by atoms with Crippen LogP contribution in [0.25, 0.3) is 32.6 Å². The summed E-state index contributed by atoms with van der Waals surface area (Å²) in [7, 11) is 1.31. The number of carbonyl (C=O) groups excluding carboxylic acids is 2. The summed E-state index contributed by atoms with van der Waals surface area (Å²) < 4.78 is 6.62. The SMILES string of the molecule is COC(=O)c1cncc(-c2cc3nn(CCC(C)(C)O)cc3cc2NC(=O)c2csc(-c3cccnc3)n2)c1. The molecule has 5 aromatic rings. The first-order valence-corrected chi connectivity index (χ1v) is 13.0. The molecule has 0 fully saturated rings. The van der Waals surface area contributed by atoms with Crippen LogP contribution in [-0.2, 0) is 11.3 Å². The van der Waals surface area contributed by atoms with Crippen molar-refractivity contribution >= 4 is 39.8 Å². The van der Waals surface area contributed by atoms with Crippen LogP contribution < -0.4 is 5.32 Å². The van der Waals surface area contributed by atoms with E-state index in [0.29, 0.717) is 40.3 Å². The fraction of sp³-hybridized carbons (Fsp3) is 0.214. The number of nitrogens with zero attached hydrogens (tertiary/aromatic N) is 5. The van der Waals surface area contributed by atoms with Crippen molar-refractivity contribution in [3.8, 4) is 21.7 Å². The van der Waals surface area contributed by atoms with Gasteiger partial charge in [-0.25, -0.2) is 9.78 Å². The largest absolute Gasteiger partial charge is 0.465 e. The molecule has 39 heavy (non-hydrogen) atoms. The van der Waals surface area contributed by atoms with Gasteiger partial charge in [0.05, 0.1) is 23.8 Å². The van der Waals surface area contributed by atoms with E-state index in [1.807, 2.05) is 30.5 Å². The van der Waals surface area contributed by atoms with Crippen LogP contribution in [0.15, 0.2) is 66.7 Å². The smallest absolute Gasteiger partial charge is 0.339 e. The molecular formula is C28H26N6O4S. The van der Waals surface area contributed by atoms with Crippen molar-refractivity contribution in [3.63, 3.8) is 0 Å². The summed E-state index contributed by atoms with van der Waals surface area (Å²) in [5.41, 5.74) is 2.98. The minimum Gasteiger partial charge on any atom is -0.465 e. The van der Waals surface area contributed by atoms with Gasteiger partial charge >= 0.3 is 5.97 Å². The van der Waals surface area contributed by atoms with Crippen LogP contribution in [0.1, 0.15) is 41.1 Å². The Balaban J connectivity index is 1.52.